The molecule has 6 nitrogen and oxygen atoms in total. The van der Waals surface area contributed by atoms with Crippen molar-refractivity contribution in [1.82, 2.24) is 14.5 Å². The highest BCUT2D eigenvalue weighted by Gasteiger charge is 2.15. The van der Waals surface area contributed by atoms with E-state index in [0.717, 1.165) is 17.5 Å². The maximum atomic E-state index is 14.1. The Morgan fingerprint density at radius 2 is 2.08 bits per heavy atom. The molecule has 1 heterocycles. The fourth-order valence-corrected chi connectivity index (χ4v) is 3.42. The summed E-state index contributed by atoms with van der Waals surface area (Å²) in [6.07, 6.45) is 3.47. The van der Waals surface area contributed by atoms with Crippen molar-refractivity contribution in [2.75, 3.05) is 13.2 Å². The Balaban J connectivity index is 1.92. The molecule has 0 aliphatic heterocycles. The molecule has 1 aromatic heterocycles. The van der Waals surface area contributed by atoms with Crippen molar-refractivity contribution in [3.05, 3.63) is 41.5 Å². The number of hydrogen-bond acceptors (Lipinski definition) is 4. The highest BCUT2D eigenvalue weighted by atomic mass is 32.2. The predicted octanol–water partition coefficient (Wildman–Crippen LogP) is 2.42. The van der Waals surface area contributed by atoms with Crippen molar-refractivity contribution >= 4 is 10.0 Å². The minimum absolute atomic E-state index is 0.0272. The number of aromatic nitrogens is 2. The Hall–Kier alpha value is -1.93. The van der Waals surface area contributed by atoms with Gasteiger partial charge in [0.15, 0.2) is 11.6 Å². The number of sulfonamides is 1. The van der Waals surface area contributed by atoms with E-state index in [2.05, 4.69) is 23.7 Å². The number of benzene rings is 1. The Kier molecular flexibility index (Phi) is 6.18. The van der Waals surface area contributed by atoms with E-state index in [1.165, 1.54) is 23.1 Å². The summed E-state index contributed by atoms with van der Waals surface area (Å²) in [6, 6.07) is 3.15. The van der Waals surface area contributed by atoms with E-state index in [0.29, 0.717) is 5.92 Å². The molecule has 0 bridgehead atoms. The largest absolute Gasteiger partial charge is 0.489 e. The minimum Gasteiger partial charge on any atom is -0.489 e. The van der Waals surface area contributed by atoms with E-state index in [1.54, 1.807) is 13.1 Å². The Morgan fingerprint density at radius 3 is 2.68 bits per heavy atom. The van der Waals surface area contributed by atoms with E-state index < -0.39 is 15.8 Å². The van der Waals surface area contributed by atoms with Crippen LogP contribution in [0, 0.1) is 18.7 Å². The number of halogens is 1. The zero-order valence-corrected chi connectivity index (χ0v) is 15.7. The normalized spacial score (nSPS) is 11.9. The van der Waals surface area contributed by atoms with Crippen LogP contribution in [-0.2, 0) is 23.5 Å². The molecule has 0 fully saturated rings. The van der Waals surface area contributed by atoms with Crippen LogP contribution >= 0.6 is 0 Å². The summed E-state index contributed by atoms with van der Waals surface area (Å²) in [5.74, 6) is 0.133. The monoisotopic (exact) mass is 369 g/mol. The van der Waals surface area contributed by atoms with Crippen molar-refractivity contribution in [3.63, 3.8) is 0 Å². The van der Waals surface area contributed by atoms with Crippen LogP contribution in [0.2, 0.25) is 0 Å². The third kappa shape index (κ3) is 5.27. The van der Waals surface area contributed by atoms with Gasteiger partial charge < -0.3 is 4.74 Å². The van der Waals surface area contributed by atoms with Gasteiger partial charge in [0.2, 0.25) is 10.0 Å². The van der Waals surface area contributed by atoms with Crippen LogP contribution in [0.5, 0.6) is 5.75 Å². The van der Waals surface area contributed by atoms with E-state index >= 15 is 0 Å². The SMILES string of the molecule is Cc1cc(OCCNS(=O)(=O)c2cnn(C)c2)c(F)cc1CC(C)C. The standard InChI is InChI=1S/C17H24FN3O3S/c1-12(2)7-14-9-16(18)17(8-13(14)3)24-6-5-20-25(22,23)15-10-19-21(4)11-15/h8-12,20H,5-7H2,1-4H3. The molecular formula is C17H24FN3O3S. The predicted molar refractivity (Wildman–Crippen MR) is 93.6 cm³/mol. The van der Waals surface area contributed by atoms with Crippen LogP contribution in [0.15, 0.2) is 29.4 Å². The number of hydrogen-bond donors (Lipinski definition) is 1. The molecule has 8 heteroatoms. The van der Waals surface area contributed by atoms with Gasteiger partial charge in [0.25, 0.3) is 0 Å². The molecule has 1 N–H and O–H groups in total. The molecular weight excluding hydrogens is 345 g/mol. The molecule has 0 atom stereocenters. The molecule has 2 rings (SSSR count). The van der Waals surface area contributed by atoms with Gasteiger partial charge in [-0.05, 0) is 42.5 Å². The summed E-state index contributed by atoms with van der Waals surface area (Å²) in [5, 5.41) is 3.83. The van der Waals surface area contributed by atoms with Gasteiger partial charge in [-0.1, -0.05) is 13.8 Å². The molecule has 0 saturated carbocycles. The zero-order valence-electron chi connectivity index (χ0n) is 14.9. The lowest BCUT2D eigenvalue weighted by molar-refractivity contribution is 0.306. The second kappa shape index (κ2) is 7.97. The van der Waals surface area contributed by atoms with Gasteiger partial charge in [-0.3, -0.25) is 4.68 Å². The van der Waals surface area contributed by atoms with Gasteiger partial charge in [-0.15, -0.1) is 0 Å². The molecule has 0 radical (unpaired) electrons. The van der Waals surface area contributed by atoms with E-state index in [9.17, 15) is 12.8 Å². The van der Waals surface area contributed by atoms with Crippen molar-refractivity contribution in [3.8, 4) is 5.75 Å². The fraction of sp³-hybridized carbons (Fsp3) is 0.471. The number of rotatable bonds is 8. The van der Waals surface area contributed by atoms with Gasteiger partial charge in [0, 0.05) is 19.8 Å². The first-order chi connectivity index (χ1) is 11.7. The van der Waals surface area contributed by atoms with Gasteiger partial charge in [-0.2, -0.15) is 5.10 Å². The Labute approximate surface area is 148 Å². The van der Waals surface area contributed by atoms with Crippen LogP contribution in [0.4, 0.5) is 4.39 Å². The molecule has 0 aliphatic carbocycles. The maximum Gasteiger partial charge on any atom is 0.243 e. The van der Waals surface area contributed by atoms with E-state index in [1.807, 2.05) is 6.92 Å². The highest BCUT2D eigenvalue weighted by Crippen LogP contribution is 2.24. The van der Waals surface area contributed by atoms with Gasteiger partial charge in [0.1, 0.15) is 11.5 Å². The second-order valence-corrected chi connectivity index (χ2v) is 8.17. The first-order valence-corrected chi connectivity index (χ1v) is 9.57. The van der Waals surface area contributed by atoms with Crippen molar-refractivity contribution in [1.29, 1.82) is 0 Å². The zero-order chi connectivity index (χ0) is 18.6. The minimum atomic E-state index is -3.64. The lowest BCUT2D eigenvalue weighted by Gasteiger charge is -2.13. The van der Waals surface area contributed by atoms with Crippen LogP contribution in [0.25, 0.3) is 0 Å². The fourth-order valence-electron chi connectivity index (χ4n) is 2.42. The van der Waals surface area contributed by atoms with Crippen molar-refractivity contribution in [2.45, 2.75) is 32.1 Å². The number of nitrogens with one attached hydrogen (secondary N) is 1. The molecule has 0 unspecified atom stereocenters. The summed E-state index contributed by atoms with van der Waals surface area (Å²) >= 11 is 0. The number of ether oxygens (including phenoxy) is 1. The van der Waals surface area contributed by atoms with Gasteiger partial charge in [-0.25, -0.2) is 17.5 Å². The molecule has 2 aromatic rings. The molecule has 25 heavy (non-hydrogen) atoms. The van der Waals surface area contributed by atoms with Gasteiger partial charge >= 0.3 is 0 Å². The van der Waals surface area contributed by atoms with E-state index in [-0.39, 0.29) is 23.8 Å². The topological polar surface area (TPSA) is 73.2 Å². The quantitative estimate of drug-likeness (QED) is 0.726. The molecule has 0 amide bonds. The summed E-state index contributed by atoms with van der Waals surface area (Å²) in [6.45, 7) is 6.13. The third-order valence-corrected chi connectivity index (χ3v) is 5.08. The third-order valence-electron chi connectivity index (χ3n) is 3.66. The first kappa shape index (κ1) is 19.4. The first-order valence-electron chi connectivity index (χ1n) is 8.09. The lowest BCUT2D eigenvalue weighted by Crippen LogP contribution is -2.28. The Morgan fingerprint density at radius 1 is 1.36 bits per heavy atom. The molecule has 0 aliphatic rings. The average Bonchev–Trinajstić information content (AvgIpc) is 2.95. The Bertz CT molecular complexity index is 832. The van der Waals surface area contributed by atoms with Crippen LogP contribution in [0.3, 0.4) is 0 Å². The lowest BCUT2D eigenvalue weighted by atomic mass is 9.98. The smallest absolute Gasteiger partial charge is 0.243 e. The van der Waals surface area contributed by atoms with Gasteiger partial charge in [0.05, 0.1) is 6.20 Å². The molecule has 1 aromatic carbocycles. The van der Waals surface area contributed by atoms with Crippen LogP contribution < -0.4 is 9.46 Å². The molecule has 0 spiro atoms. The number of nitrogens with zero attached hydrogens (tertiary/aromatic N) is 2. The average molecular weight is 369 g/mol. The van der Waals surface area contributed by atoms with Crippen molar-refractivity contribution in [2.24, 2.45) is 13.0 Å². The maximum absolute atomic E-state index is 14.1. The molecule has 138 valence electrons. The summed E-state index contributed by atoms with van der Waals surface area (Å²) in [7, 11) is -2.00. The summed E-state index contributed by atoms with van der Waals surface area (Å²) in [5.41, 5.74) is 1.91. The molecule has 0 saturated heterocycles. The van der Waals surface area contributed by atoms with Crippen LogP contribution in [0.1, 0.15) is 25.0 Å². The van der Waals surface area contributed by atoms with Crippen LogP contribution in [-0.4, -0.2) is 31.3 Å². The second-order valence-electron chi connectivity index (χ2n) is 6.40. The van der Waals surface area contributed by atoms with Crippen molar-refractivity contribution < 1.29 is 17.5 Å². The van der Waals surface area contributed by atoms with E-state index in [4.69, 9.17) is 4.74 Å². The summed E-state index contributed by atoms with van der Waals surface area (Å²) in [4.78, 5) is 0.0788. The summed E-state index contributed by atoms with van der Waals surface area (Å²) < 4.78 is 47.4. The number of aryl methyl sites for hydroxylation is 2. The highest BCUT2D eigenvalue weighted by molar-refractivity contribution is 7.89.